The number of nitrogens with zero attached hydrogens (tertiary/aromatic N) is 1. The Morgan fingerprint density at radius 1 is 1.56 bits per heavy atom. The summed E-state index contributed by atoms with van der Waals surface area (Å²) in [6.07, 6.45) is 4.60. The van der Waals surface area contributed by atoms with Gasteiger partial charge in [-0.25, -0.2) is 0 Å². The first-order valence-electron chi connectivity index (χ1n) is 6.70. The number of aryl methyl sites for hydroxylation is 1. The fourth-order valence-electron chi connectivity index (χ4n) is 3.15. The average molecular weight is 264 g/mol. The lowest BCUT2D eigenvalue weighted by atomic mass is 9.93. The van der Waals surface area contributed by atoms with Crippen molar-refractivity contribution in [3.05, 3.63) is 29.6 Å². The molecule has 1 N–H and O–H groups in total. The first-order valence-corrected chi connectivity index (χ1v) is 7.86. The number of fused-ring (bicyclic) bond motifs is 1. The molecule has 0 aromatic carbocycles. The fourth-order valence-corrected chi connectivity index (χ4v) is 4.07. The summed E-state index contributed by atoms with van der Waals surface area (Å²) in [5, 5.41) is 3.48. The highest BCUT2D eigenvalue weighted by atomic mass is 32.2. The van der Waals surface area contributed by atoms with Crippen molar-refractivity contribution in [3.63, 3.8) is 0 Å². The summed E-state index contributed by atoms with van der Waals surface area (Å²) in [5.41, 5.74) is 2.71. The molecule has 0 bridgehead atoms. The van der Waals surface area contributed by atoms with Crippen LogP contribution in [0.3, 0.4) is 0 Å². The highest BCUT2D eigenvalue weighted by Crippen LogP contribution is 2.36. The highest BCUT2D eigenvalue weighted by molar-refractivity contribution is 7.99. The number of thioether (sulfide) groups is 1. The number of nitrogens with one attached hydrogen (secondary N) is 1. The van der Waals surface area contributed by atoms with Gasteiger partial charge >= 0.3 is 0 Å². The van der Waals surface area contributed by atoms with Crippen LogP contribution in [0.4, 0.5) is 0 Å². The van der Waals surface area contributed by atoms with E-state index in [2.05, 4.69) is 16.4 Å². The first-order chi connectivity index (χ1) is 8.90. The average Bonchev–Trinajstić information content (AvgIpc) is 2.85. The number of ether oxygens (including phenoxy) is 1. The van der Waals surface area contributed by atoms with E-state index in [4.69, 9.17) is 4.74 Å². The summed E-state index contributed by atoms with van der Waals surface area (Å²) >= 11 is 2.00. The molecule has 3 atom stereocenters. The molecule has 0 saturated carbocycles. The largest absolute Gasteiger partial charge is 0.375 e. The third kappa shape index (κ3) is 2.29. The van der Waals surface area contributed by atoms with Crippen LogP contribution < -0.4 is 5.32 Å². The molecule has 0 spiro atoms. The molecule has 98 valence electrons. The van der Waals surface area contributed by atoms with Gasteiger partial charge in [-0.15, -0.1) is 0 Å². The van der Waals surface area contributed by atoms with Crippen LogP contribution in [0.5, 0.6) is 0 Å². The summed E-state index contributed by atoms with van der Waals surface area (Å²) in [6.45, 7) is 0.884. The van der Waals surface area contributed by atoms with Gasteiger partial charge in [0.2, 0.25) is 0 Å². The molecule has 0 amide bonds. The Kier molecular flexibility index (Phi) is 3.87. The first kappa shape index (κ1) is 12.5. The van der Waals surface area contributed by atoms with Gasteiger partial charge in [-0.3, -0.25) is 4.98 Å². The van der Waals surface area contributed by atoms with Crippen molar-refractivity contribution >= 4 is 11.8 Å². The summed E-state index contributed by atoms with van der Waals surface area (Å²) in [5.74, 6) is 2.74. The molecule has 1 aliphatic carbocycles. The molecule has 1 aromatic heterocycles. The predicted octanol–water partition coefficient (Wildman–Crippen LogP) is 1.83. The molecular formula is C14H20N2OS. The van der Waals surface area contributed by atoms with E-state index in [-0.39, 0.29) is 0 Å². The summed E-state index contributed by atoms with van der Waals surface area (Å²) < 4.78 is 5.95. The molecule has 1 fully saturated rings. The van der Waals surface area contributed by atoms with Crippen LogP contribution in [0.2, 0.25) is 0 Å². The normalized spacial score (nSPS) is 28.9. The molecule has 1 aliphatic heterocycles. The summed E-state index contributed by atoms with van der Waals surface area (Å²) in [4.78, 5) is 4.60. The highest BCUT2D eigenvalue weighted by Gasteiger charge is 2.36. The molecule has 4 heteroatoms. The topological polar surface area (TPSA) is 34.1 Å². The van der Waals surface area contributed by atoms with Gasteiger partial charge in [0.05, 0.1) is 12.7 Å². The van der Waals surface area contributed by atoms with Gasteiger partial charge in [0.25, 0.3) is 0 Å². The van der Waals surface area contributed by atoms with E-state index in [9.17, 15) is 0 Å². The van der Waals surface area contributed by atoms with Crippen molar-refractivity contribution in [1.82, 2.24) is 10.3 Å². The molecule has 0 radical (unpaired) electrons. The Labute approximate surface area is 113 Å². The molecule has 1 saturated heterocycles. The molecular weight excluding hydrogens is 244 g/mol. The van der Waals surface area contributed by atoms with E-state index in [1.807, 2.05) is 31.1 Å². The molecule has 2 heterocycles. The van der Waals surface area contributed by atoms with Crippen molar-refractivity contribution in [3.8, 4) is 0 Å². The van der Waals surface area contributed by atoms with E-state index in [0.717, 1.165) is 24.5 Å². The molecule has 2 aliphatic rings. The fraction of sp³-hybridized carbons (Fsp3) is 0.643. The maximum atomic E-state index is 5.95. The van der Waals surface area contributed by atoms with Gasteiger partial charge in [-0.1, -0.05) is 6.07 Å². The second kappa shape index (κ2) is 5.59. The van der Waals surface area contributed by atoms with Crippen molar-refractivity contribution in [1.29, 1.82) is 0 Å². The zero-order chi connectivity index (χ0) is 12.4. The zero-order valence-electron chi connectivity index (χ0n) is 10.8. The van der Waals surface area contributed by atoms with Crippen LogP contribution in [0, 0.1) is 0 Å². The van der Waals surface area contributed by atoms with Gasteiger partial charge in [-0.05, 0) is 31.5 Å². The Morgan fingerprint density at radius 3 is 3.28 bits per heavy atom. The molecule has 3 nitrogen and oxygen atoms in total. The Balaban J connectivity index is 1.80. The monoisotopic (exact) mass is 264 g/mol. The van der Waals surface area contributed by atoms with E-state index in [0.29, 0.717) is 18.1 Å². The van der Waals surface area contributed by atoms with E-state index in [1.165, 1.54) is 17.7 Å². The van der Waals surface area contributed by atoms with Crippen molar-refractivity contribution in [2.45, 2.75) is 30.9 Å². The quantitative estimate of drug-likeness (QED) is 0.903. The molecule has 3 unspecified atom stereocenters. The zero-order valence-corrected chi connectivity index (χ0v) is 11.6. The third-order valence-corrected chi connectivity index (χ3v) is 5.03. The number of aromatic nitrogens is 1. The van der Waals surface area contributed by atoms with Gasteiger partial charge in [0, 0.05) is 35.4 Å². The molecule has 3 rings (SSSR count). The molecule has 1 aromatic rings. The van der Waals surface area contributed by atoms with Crippen LogP contribution in [0.15, 0.2) is 18.3 Å². The predicted molar refractivity (Wildman–Crippen MR) is 75.2 cm³/mol. The number of rotatable bonds is 3. The van der Waals surface area contributed by atoms with Crippen LogP contribution in [0.25, 0.3) is 0 Å². The standard InChI is InChI=1S/C14H20N2OS/c1-15-14(12-9-18-8-7-17-12)11-5-4-10-3-2-6-16-13(10)11/h2-3,6,11-12,14-15H,4-5,7-9H2,1H3. The van der Waals surface area contributed by atoms with Gasteiger partial charge < -0.3 is 10.1 Å². The van der Waals surface area contributed by atoms with Gasteiger partial charge in [0.1, 0.15) is 0 Å². The number of pyridine rings is 1. The van der Waals surface area contributed by atoms with Gasteiger partial charge in [0.15, 0.2) is 0 Å². The number of hydrogen-bond donors (Lipinski definition) is 1. The van der Waals surface area contributed by atoms with Crippen LogP contribution in [-0.4, -0.2) is 42.3 Å². The van der Waals surface area contributed by atoms with Crippen molar-refractivity contribution < 1.29 is 4.74 Å². The Bertz CT molecular complexity index is 407. The minimum Gasteiger partial charge on any atom is -0.375 e. The Morgan fingerprint density at radius 2 is 2.50 bits per heavy atom. The van der Waals surface area contributed by atoms with Crippen LogP contribution in [0.1, 0.15) is 23.6 Å². The SMILES string of the molecule is CNC(C1CSCCO1)C1CCc2cccnc21. The smallest absolute Gasteiger partial charge is 0.0825 e. The number of hydrogen-bond acceptors (Lipinski definition) is 4. The van der Waals surface area contributed by atoms with Crippen molar-refractivity contribution in [2.75, 3.05) is 25.2 Å². The lowest BCUT2D eigenvalue weighted by Crippen LogP contribution is -2.46. The lowest BCUT2D eigenvalue weighted by Gasteiger charge is -2.33. The third-order valence-electron chi connectivity index (χ3n) is 4.01. The van der Waals surface area contributed by atoms with Crippen LogP contribution >= 0.6 is 11.8 Å². The lowest BCUT2D eigenvalue weighted by molar-refractivity contribution is 0.0412. The minimum absolute atomic E-state index is 0.326. The van der Waals surface area contributed by atoms with Gasteiger partial charge in [-0.2, -0.15) is 11.8 Å². The van der Waals surface area contributed by atoms with E-state index in [1.54, 1.807) is 0 Å². The van der Waals surface area contributed by atoms with E-state index < -0.39 is 0 Å². The van der Waals surface area contributed by atoms with Crippen LogP contribution in [-0.2, 0) is 11.2 Å². The minimum atomic E-state index is 0.326. The summed E-state index contributed by atoms with van der Waals surface area (Å²) in [7, 11) is 2.05. The van der Waals surface area contributed by atoms with Crippen molar-refractivity contribution in [2.24, 2.45) is 0 Å². The number of likely N-dealkylation sites (N-methyl/N-ethyl adjacent to an activating group) is 1. The summed E-state index contributed by atoms with van der Waals surface area (Å²) in [6, 6.07) is 4.66. The second-order valence-corrected chi connectivity index (χ2v) is 6.14. The van der Waals surface area contributed by atoms with E-state index >= 15 is 0 Å². The maximum absolute atomic E-state index is 5.95. The Hall–Kier alpha value is -0.580. The second-order valence-electron chi connectivity index (χ2n) is 4.99. The maximum Gasteiger partial charge on any atom is 0.0825 e. The molecule has 18 heavy (non-hydrogen) atoms.